The van der Waals surface area contributed by atoms with Gasteiger partial charge in [0, 0.05) is 19.8 Å². The average Bonchev–Trinajstić information content (AvgIpc) is 2.52. The van der Waals surface area contributed by atoms with Crippen LogP contribution in [0, 0.1) is 0 Å². The number of hydrogen-bond acceptors (Lipinski definition) is 3. The molecule has 1 atom stereocenters. The highest BCUT2D eigenvalue weighted by molar-refractivity contribution is 5.24. The Labute approximate surface area is 122 Å². The van der Waals surface area contributed by atoms with Gasteiger partial charge in [0.15, 0.2) is 0 Å². The molecule has 0 radical (unpaired) electrons. The quantitative estimate of drug-likeness (QED) is 0.831. The topological polar surface area (TPSA) is 30.5 Å². The number of rotatable bonds is 7. The van der Waals surface area contributed by atoms with E-state index in [9.17, 15) is 0 Å². The SMILES string of the molecule is CCNCC(C)c1ccc(COC2CCOCC2)cc1. The van der Waals surface area contributed by atoms with Crippen LogP contribution in [0.2, 0.25) is 0 Å². The molecule has 1 fully saturated rings. The second-order valence-corrected chi connectivity index (χ2v) is 5.57. The number of likely N-dealkylation sites (N-methyl/N-ethyl adjacent to an activating group) is 1. The summed E-state index contributed by atoms with van der Waals surface area (Å²) in [7, 11) is 0. The van der Waals surface area contributed by atoms with E-state index in [1.54, 1.807) is 0 Å². The van der Waals surface area contributed by atoms with Crippen molar-refractivity contribution in [2.75, 3.05) is 26.3 Å². The summed E-state index contributed by atoms with van der Waals surface area (Å²) < 4.78 is 11.3. The van der Waals surface area contributed by atoms with E-state index in [2.05, 4.69) is 43.4 Å². The zero-order chi connectivity index (χ0) is 14.2. The second kappa shape index (κ2) is 8.40. The number of benzene rings is 1. The Morgan fingerprint density at radius 1 is 1.25 bits per heavy atom. The fraction of sp³-hybridized carbons (Fsp3) is 0.647. The zero-order valence-electron chi connectivity index (χ0n) is 12.7. The van der Waals surface area contributed by atoms with Crippen LogP contribution in [0.15, 0.2) is 24.3 Å². The fourth-order valence-corrected chi connectivity index (χ4v) is 2.48. The van der Waals surface area contributed by atoms with Crippen LogP contribution in [-0.4, -0.2) is 32.4 Å². The van der Waals surface area contributed by atoms with E-state index in [0.717, 1.165) is 39.1 Å². The summed E-state index contributed by atoms with van der Waals surface area (Å²) in [5.74, 6) is 0.556. The predicted molar refractivity (Wildman–Crippen MR) is 82.0 cm³/mol. The van der Waals surface area contributed by atoms with Gasteiger partial charge in [-0.2, -0.15) is 0 Å². The van der Waals surface area contributed by atoms with Crippen molar-refractivity contribution in [1.29, 1.82) is 0 Å². The summed E-state index contributed by atoms with van der Waals surface area (Å²) in [5, 5.41) is 3.39. The summed E-state index contributed by atoms with van der Waals surface area (Å²) in [4.78, 5) is 0. The van der Waals surface area contributed by atoms with Crippen molar-refractivity contribution in [3.63, 3.8) is 0 Å². The van der Waals surface area contributed by atoms with Gasteiger partial charge in [-0.25, -0.2) is 0 Å². The van der Waals surface area contributed by atoms with Crippen molar-refractivity contribution in [2.45, 2.75) is 45.3 Å². The molecule has 112 valence electrons. The van der Waals surface area contributed by atoms with E-state index in [1.807, 2.05) is 0 Å². The molecule has 20 heavy (non-hydrogen) atoms. The van der Waals surface area contributed by atoms with Gasteiger partial charge in [-0.05, 0) is 36.4 Å². The maximum atomic E-state index is 5.94. The summed E-state index contributed by atoms with van der Waals surface area (Å²) in [6.07, 6.45) is 2.42. The Kier molecular flexibility index (Phi) is 6.51. The number of nitrogens with one attached hydrogen (secondary N) is 1. The molecular formula is C17H27NO2. The van der Waals surface area contributed by atoms with Gasteiger partial charge in [0.25, 0.3) is 0 Å². The van der Waals surface area contributed by atoms with Crippen LogP contribution in [0.4, 0.5) is 0 Å². The third-order valence-corrected chi connectivity index (χ3v) is 3.90. The van der Waals surface area contributed by atoms with Gasteiger partial charge in [-0.15, -0.1) is 0 Å². The molecule has 0 amide bonds. The van der Waals surface area contributed by atoms with E-state index < -0.39 is 0 Å². The fourth-order valence-electron chi connectivity index (χ4n) is 2.48. The summed E-state index contributed by atoms with van der Waals surface area (Å²) in [5.41, 5.74) is 2.65. The lowest BCUT2D eigenvalue weighted by Gasteiger charge is -2.22. The highest BCUT2D eigenvalue weighted by Crippen LogP contribution is 2.17. The normalized spacial score (nSPS) is 18.1. The molecule has 0 bridgehead atoms. The summed E-state index contributed by atoms with van der Waals surface area (Å²) in [6.45, 7) is 8.86. The average molecular weight is 277 g/mol. The molecule has 1 aliphatic heterocycles. The second-order valence-electron chi connectivity index (χ2n) is 5.57. The molecule has 1 aromatic carbocycles. The molecule has 3 nitrogen and oxygen atoms in total. The van der Waals surface area contributed by atoms with Crippen molar-refractivity contribution in [2.24, 2.45) is 0 Å². The Balaban J connectivity index is 1.78. The maximum Gasteiger partial charge on any atom is 0.0720 e. The van der Waals surface area contributed by atoms with Gasteiger partial charge in [0.05, 0.1) is 12.7 Å². The predicted octanol–water partition coefficient (Wildman–Crippen LogP) is 3.10. The standard InChI is InChI=1S/C17H27NO2/c1-3-18-12-14(2)16-6-4-15(5-7-16)13-20-17-8-10-19-11-9-17/h4-7,14,17-18H,3,8-13H2,1-2H3. The first-order valence-corrected chi connectivity index (χ1v) is 7.78. The zero-order valence-corrected chi connectivity index (χ0v) is 12.7. The van der Waals surface area contributed by atoms with Crippen molar-refractivity contribution in [3.05, 3.63) is 35.4 Å². The monoisotopic (exact) mass is 277 g/mol. The molecule has 0 aromatic heterocycles. The first-order valence-electron chi connectivity index (χ1n) is 7.78. The largest absolute Gasteiger partial charge is 0.381 e. The third kappa shape index (κ3) is 4.89. The van der Waals surface area contributed by atoms with Crippen LogP contribution >= 0.6 is 0 Å². The Hall–Kier alpha value is -0.900. The Bertz CT molecular complexity index is 371. The lowest BCUT2D eigenvalue weighted by Crippen LogP contribution is -2.23. The Morgan fingerprint density at radius 2 is 1.95 bits per heavy atom. The van der Waals surface area contributed by atoms with E-state index in [-0.39, 0.29) is 0 Å². The lowest BCUT2D eigenvalue weighted by molar-refractivity contribution is -0.0390. The third-order valence-electron chi connectivity index (χ3n) is 3.90. The molecule has 1 unspecified atom stereocenters. The highest BCUT2D eigenvalue weighted by Gasteiger charge is 2.14. The van der Waals surface area contributed by atoms with Gasteiger partial charge >= 0.3 is 0 Å². The minimum Gasteiger partial charge on any atom is -0.381 e. The minimum atomic E-state index is 0.371. The van der Waals surface area contributed by atoms with Crippen LogP contribution < -0.4 is 5.32 Å². The van der Waals surface area contributed by atoms with Crippen LogP contribution in [0.5, 0.6) is 0 Å². The lowest BCUT2D eigenvalue weighted by atomic mass is 10.00. The summed E-state index contributed by atoms with van der Waals surface area (Å²) in [6, 6.07) is 8.84. The van der Waals surface area contributed by atoms with E-state index in [0.29, 0.717) is 18.6 Å². The van der Waals surface area contributed by atoms with Crippen LogP contribution in [0.3, 0.4) is 0 Å². The molecule has 2 rings (SSSR count). The summed E-state index contributed by atoms with van der Waals surface area (Å²) >= 11 is 0. The number of hydrogen-bond donors (Lipinski definition) is 1. The van der Waals surface area contributed by atoms with Gasteiger partial charge in [-0.1, -0.05) is 38.1 Å². The molecule has 0 spiro atoms. The van der Waals surface area contributed by atoms with E-state index in [1.165, 1.54) is 11.1 Å². The molecule has 1 aliphatic rings. The van der Waals surface area contributed by atoms with Crippen molar-refractivity contribution in [3.8, 4) is 0 Å². The first kappa shape index (κ1) is 15.5. The molecule has 0 aliphatic carbocycles. The number of ether oxygens (including phenoxy) is 2. The van der Waals surface area contributed by atoms with Gasteiger partial charge < -0.3 is 14.8 Å². The van der Waals surface area contributed by atoms with Crippen molar-refractivity contribution >= 4 is 0 Å². The van der Waals surface area contributed by atoms with Gasteiger partial charge in [-0.3, -0.25) is 0 Å². The van der Waals surface area contributed by atoms with Crippen LogP contribution in [0.1, 0.15) is 43.7 Å². The first-order chi connectivity index (χ1) is 9.79. The van der Waals surface area contributed by atoms with Crippen LogP contribution in [0.25, 0.3) is 0 Å². The van der Waals surface area contributed by atoms with Gasteiger partial charge in [0.2, 0.25) is 0 Å². The molecule has 1 saturated heterocycles. The molecule has 1 aromatic rings. The highest BCUT2D eigenvalue weighted by atomic mass is 16.5. The maximum absolute atomic E-state index is 5.94. The Morgan fingerprint density at radius 3 is 2.60 bits per heavy atom. The van der Waals surface area contributed by atoms with Crippen LogP contribution in [-0.2, 0) is 16.1 Å². The molecular weight excluding hydrogens is 250 g/mol. The molecule has 1 N–H and O–H groups in total. The molecule has 3 heteroatoms. The van der Waals surface area contributed by atoms with Gasteiger partial charge in [0.1, 0.15) is 0 Å². The smallest absolute Gasteiger partial charge is 0.0720 e. The van der Waals surface area contributed by atoms with E-state index >= 15 is 0 Å². The molecule has 1 heterocycles. The van der Waals surface area contributed by atoms with Crippen molar-refractivity contribution < 1.29 is 9.47 Å². The van der Waals surface area contributed by atoms with Crippen molar-refractivity contribution in [1.82, 2.24) is 5.32 Å². The minimum absolute atomic E-state index is 0.371. The van der Waals surface area contributed by atoms with E-state index in [4.69, 9.17) is 9.47 Å². The molecule has 0 saturated carbocycles.